The average molecular weight is 278 g/mol. The first-order chi connectivity index (χ1) is 9.58. The van der Waals surface area contributed by atoms with Crippen molar-refractivity contribution in [2.24, 2.45) is 11.7 Å². The van der Waals surface area contributed by atoms with E-state index in [1.807, 2.05) is 19.1 Å². The molecule has 0 aliphatic carbocycles. The Labute approximate surface area is 121 Å². The lowest BCUT2D eigenvalue weighted by molar-refractivity contribution is 0.0498. The summed E-state index contributed by atoms with van der Waals surface area (Å²) in [6.07, 6.45) is 1.41. The zero-order valence-corrected chi connectivity index (χ0v) is 12.9. The summed E-state index contributed by atoms with van der Waals surface area (Å²) in [5, 5.41) is 0. The number of rotatable bonds is 4. The van der Waals surface area contributed by atoms with Gasteiger partial charge in [-0.05, 0) is 31.4 Å². The van der Waals surface area contributed by atoms with Crippen LogP contribution in [-0.2, 0) is 4.74 Å². The molecule has 0 radical (unpaired) electrons. The standard InChI is InChI=1S/C16H26N2O2/c1-11-8-9-18(10-15(11)20-4)13-6-5-7-14(19-3)16(13)12(2)17/h5-7,11-12,15H,8-10,17H2,1-4H3/t11?,12-,15?/m1/s1. The highest BCUT2D eigenvalue weighted by Gasteiger charge is 2.28. The van der Waals surface area contributed by atoms with E-state index in [1.165, 1.54) is 5.69 Å². The molecule has 1 heterocycles. The van der Waals surface area contributed by atoms with Crippen molar-refractivity contribution in [1.82, 2.24) is 0 Å². The van der Waals surface area contributed by atoms with Crippen LogP contribution in [0.2, 0.25) is 0 Å². The molecule has 0 spiro atoms. The highest BCUT2D eigenvalue weighted by Crippen LogP contribution is 2.35. The maximum Gasteiger partial charge on any atom is 0.125 e. The molecule has 4 heteroatoms. The van der Waals surface area contributed by atoms with Gasteiger partial charge in [-0.25, -0.2) is 0 Å². The van der Waals surface area contributed by atoms with E-state index in [4.69, 9.17) is 15.2 Å². The van der Waals surface area contributed by atoms with Gasteiger partial charge in [0, 0.05) is 37.5 Å². The topological polar surface area (TPSA) is 47.7 Å². The quantitative estimate of drug-likeness (QED) is 0.919. The maximum atomic E-state index is 6.15. The monoisotopic (exact) mass is 278 g/mol. The number of hydrogen-bond acceptors (Lipinski definition) is 4. The molecule has 2 rings (SSSR count). The number of anilines is 1. The molecule has 112 valence electrons. The average Bonchev–Trinajstić information content (AvgIpc) is 2.46. The number of ether oxygens (including phenoxy) is 2. The zero-order valence-electron chi connectivity index (χ0n) is 12.9. The second-order valence-corrected chi connectivity index (χ2v) is 5.67. The molecule has 2 unspecified atom stereocenters. The van der Waals surface area contributed by atoms with E-state index < -0.39 is 0 Å². The minimum atomic E-state index is -0.0542. The number of piperidine rings is 1. The van der Waals surface area contributed by atoms with Crippen LogP contribution in [0.3, 0.4) is 0 Å². The van der Waals surface area contributed by atoms with Crippen molar-refractivity contribution in [3.8, 4) is 5.75 Å². The molecule has 0 bridgehead atoms. The molecule has 20 heavy (non-hydrogen) atoms. The smallest absolute Gasteiger partial charge is 0.125 e. The summed E-state index contributed by atoms with van der Waals surface area (Å²) in [6.45, 7) is 6.20. The number of benzene rings is 1. The molecule has 1 fully saturated rings. The first-order valence-corrected chi connectivity index (χ1v) is 7.28. The molecule has 4 nitrogen and oxygen atoms in total. The van der Waals surface area contributed by atoms with Crippen LogP contribution in [0.4, 0.5) is 5.69 Å². The van der Waals surface area contributed by atoms with Gasteiger partial charge >= 0.3 is 0 Å². The van der Waals surface area contributed by atoms with Crippen LogP contribution in [-0.4, -0.2) is 33.4 Å². The van der Waals surface area contributed by atoms with Gasteiger partial charge in [0.2, 0.25) is 0 Å². The summed E-state index contributed by atoms with van der Waals surface area (Å²) in [5.74, 6) is 1.46. The van der Waals surface area contributed by atoms with Gasteiger partial charge in [0.15, 0.2) is 0 Å². The summed E-state index contributed by atoms with van der Waals surface area (Å²) < 4.78 is 11.1. The summed E-state index contributed by atoms with van der Waals surface area (Å²) in [7, 11) is 3.49. The van der Waals surface area contributed by atoms with Crippen molar-refractivity contribution in [3.05, 3.63) is 23.8 Å². The molecule has 2 N–H and O–H groups in total. The Morgan fingerprint density at radius 1 is 1.35 bits per heavy atom. The van der Waals surface area contributed by atoms with Crippen LogP contribution in [0.25, 0.3) is 0 Å². The Balaban J connectivity index is 2.32. The van der Waals surface area contributed by atoms with E-state index in [1.54, 1.807) is 14.2 Å². The fourth-order valence-corrected chi connectivity index (χ4v) is 3.00. The Morgan fingerprint density at radius 3 is 2.70 bits per heavy atom. The van der Waals surface area contributed by atoms with Gasteiger partial charge in [-0.3, -0.25) is 0 Å². The van der Waals surface area contributed by atoms with Gasteiger partial charge in [0.05, 0.1) is 13.2 Å². The second kappa shape index (κ2) is 6.46. The summed E-state index contributed by atoms with van der Waals surface area (Å²) >= 11 is 0. The molecule has 0 saturated carbocycles. The molecular weight excluding hydrogens is 252 g/mol. The lowest BCUT2D eigenvalue weighted by Gasteiger charge is -2.39. The van der Waals surface area contributed by atoms with E-state index in [0.29, 0.717) is 5.92 Å². The second-order valence-electron chi connectivity index (χ2n) is 5.67. The third-order valence-corrected chi connectivity index (χ3v) is 4.25. The molecule has 1 aliphatic heterocycles. The van der Waals surface area contributed by atoms with Crippen molar-refractivity contribution in [3.63, 3.8) is 0 Å². The highest BCUT2D eigenvalue weighted by atomic mass is 16.5. The SMILES string of the molecule is COc1cccc(N2CCC(C)C(OC)C2)c1[C@@H](C)N. The number of nitrogens with zero attached hydrogens (tertiary/aromatic N) is 1. The molecule has 1 aliphatic rings. The van der Waals surface area contributed by atoms with Crippen molar-refractivity contribution >= 4 is 5.69 Å². The predicted molar refractivity (Wildman–Crippen MR) is 82.4 cm³/mol. The lowest BCUT2D eigenvalue weighted by atomic mass is 9.94. The molecule has 3 atom stereocenters. The summed E-state index contributed by atoms with van der Waals surface area (Å²) in [4.78, 5) is 2.37. The van der Waals surface area contributed by atoms with Gasteiger partial charge in [-0.2, -0.15) is 0 Å². The van der Waals surface area contributed by atoms with Crippen LogP contribution >= 0.6 is 0 Å². The van der Waals surface area contributed by atoms with Crippen LogP contribution < -0.4 is 15.4 Å². The molecule has 1 saturated heterocycles. The minimum Gasteiger partial charge on any atom is -0.496 e. The van der Waals surface area contributed by atoms with Gasteiger partial charge in [0.25, 0.3) is 0 Å². The maximum absolute atomic E-state index is 6.15. The van der Waals surface area contributed by atoms with Gasteiger partial charge < -0.3 is 20.1 Å². The third kappa shape index (κ3) is 2.91. The normalized spacial score (nSPS) is 24.6. The van der Waals surface area contributed by atoms with Gasteiger partial charge in [-0.15, -0.1) is 0 Å². The molecule has 0 amide bonds. The van der Waals surface area contributed by atoms with Crippen molar-refractivity contribution < 1.29 is 9.47 Å². The van der Waals surface area contributed by atoms with Crippen LogP contribution in [0.1, 0.15) is 31.9 Å². The number of hydrogen-bond donors (Lipinski definition) is 1. The Bertz CT molecular complexity index is 448. The minimum absolute atomic E-state index is 0.0542. The van der Waals surface area contributed by atoms with Crippen LogP contribution in [0, 0.1) is 5.92 Å². The van der Waals surface area contributed by atoms with E-state index in [0.717, 1.165) is 30.8 Å². The van der Waals surface area contributed by atoms with Crippen LogP contribution in [0.15, 0.2) is 18.2 Å². The first-order valence-electron chi connectivity index (χ1n) is 7.28. The fourth-order valence-electron chi connectivity index (χ4n) is 3.00. The Morgan fingerprint density at radius 2 is 2.10 bits per heavy atom. The van der Waals surface area contributed by atoms with E-state index in [2.05, 4.69) is 17.9 Å². The largest absolute Gasteiger partial charge is 0.496 e. The zero-order chi connectivity index (χ0) is 14.7. The van der Waals surface area contributed by atoms with Crippen molar-refractivity contribution in [2.75, 3.05) is 32.2 Å². The first kappa shape index (κ1) is 15.1. The van der Waals surface area contributed by atoms with Gasteiger partial charge in [-0.1, -0.05) is 13.0 Å². The lowest BCUT2D eigenvalue weighted by Crippen LogP contribution is -2.44. The Hall–Kier alpha value is -1.26. The molecule has 1 aromatic rings. The number of methoxy groups -OCH3 is 2. The van der Waals surface area contributed by atoms with Crippen molar-refractivity contribution in [2.45, 2.75) is 32.4 Å². The summed E-state index contributed by atoms with van der Waals surface area (Å²) in [6, 6.07) is 6.08. The molecule has 0 aromatic heterocycles. The highest BCUT2D eigenvalue weighted by molar-refractivity contribution is 5.61. The molecular formula is C16H26N2O2. The van der Waals surface area contributed by atoms with Gasteiger partial charge in [0.1, 0.15) is 5.75 Å². The number of nitrogens with two attached hydrogens (primary N) is 1. The fraction of sp³-hybridized carbons (Fsp3) is 0.625. The van der Waals surface area contributed by atoms with E-state index in [9.17, 15) is 0 Å². The summed E-state index contributed by atoms with van der Waals surface area (Å²) in [5.41, 5.74) is 8.41. The third-order valence-electron chi connectivity index (χ3n) is 4.25. The van der Waals surface area contributed by atoms with E-state index >= 15 is 0 Å². The van der Waals surface area contributed by atoms with E-state index in [-0.39, 0.29) is 12.1 Å². The molecule has 1 aromatic carbocycles. The van der Waals surface area contributed by atoms with Crippen LogP contribution in [0.5, 0.6) is 5.75 Å². The Kier molecular flexibility index (Phi) is 4.89. The predicted octanol–water partition coefficient (Wildman–Crippen LogP) is 2.58. The van der Waals surface area contributed by atoms with Crippen molar-refractivity contribution in [1.29, 1.82) is 0 Å².